The van der Waals surface area contributed by atoms with Crippen LogP contribution < -0.4 is 0 Å². The molecule has 0 atom stereocenters. The number of aliphatic imine (C=N–C) groups is 4. The number of benzene rings is 7. The summed E-state index contributed by atoms with van der Waals surface area (Å²) in [4.78, 5) is 84.9. The van der Waals surface area contributed by atoms with Gasteiger partial charge in [0.15, 0.2) is 23.1 Å². The second-order valence-corrected chi connectivity index (χ2v) is 34.5. The zero-order valence-corrected chi connectivity index (χ0v) is 97.2. The van der Waals surface area contributed by atoms with Crippen LogP contribution in [0.1, 0.15) is 156 Å². The summed E-state index contributed by atoms with van der Waals surface area (Å²) in [6, 6.07) is 89.1. The van der Waals surface area contributed by atoms with E-state index in [-0.39, 0.29) is 153 Å². The summed E-state index contributed by atoms with van der Waals surface area (Å²) in [6.45, 7) is 29.2. The van der Waals surface area contributed by atoms with Gasteiger partial charge in [0.1, 0.15) is 11.3 Å². The van der Waals surface area contributed by atoms with Crippen molar-refractivity contribution in [2.75, 3.05) is 0 Å². The summed E-state index contributed by atoms with van der Waals surface area (Å²) in [7, 11) is 0. The first kappa shape index (κ1) is 123. The van der Waals surface area contributed by atoms with Crippen LogP contribution >= 0.6 is 22.7 Å². The minimum Gasteiger partial charge on any atom is -0.512 e. The fourth-order valence-electron chi connectivity index (χ4n) is 15.6. The fourth-order valence-corrected chi connectivity index (χ4v) is 17.6. The van der Waals surface area contributed by atoms with Gasteiger partial charge in [-0.1, -0.05) is 170 Å². The van der Waals surface area contributed by atoms with Crippen LogP contribution in [-0.2, 0) is 121 Å². The smallest absolute Gasteiger partial charge is 0.155 e. The van der Waals surface area contributed by atoms with E-state index in [4.69, 9.17) is 40.4 Å². The summed E-state index contributed by atoms with van der Waals surface area (Å²) < 4.78 is 2.52. The van der Waals surface area contributed by atoms with Crippen LogP contribution in [0.3, 0.4) is 0 Å². The molecule has 0 saturated heterocycles. The van der Waals surface area contributed by atoms with Crippen LogP contribution in [0.4, 0.5) is 0 Å². The molecule has 0 spiro atoms. The first-order valence-electron chi connectivity index (χ1n) is 46.5. The average Bonchev–Trinajstić information content (AvgIpc) is 1.61. The molecule has 7 aromatic carbocycles. The first-order chi connectivity index (χ1) is 67.5. The van der Waals surface area contributed by atoms with Gasteiger partial charge in [0, 0.05) is 167 Å². The Labute approximate surface area is 927 Å². The van der Waals surface area contributed by atoms with E-state index < -0.39 is 0 Å². The largest absolute Gasteiger partial charge is 0.512 e. The Balaban J connectivity index is 0.000000300. The van der Waals surface area contributed by atoms with Crippen LogP contribution in [0.5, 0.6) is 5.75 Å². The van der Waals surface area contributed by atoms with E-state index in [0.29, 0.717) is 5.52 Å². The zero-order chi connectivity index (χ0) is 101. The number of aliphatic hydroxyl groups is 4. The second kappa shape index (κ2) is 63.0. The molecule has 4 radical (unpaired) electrons. The Hall–Kier alpha value is -12.5. The maximum absolute atomic E-state index is 10.0. The van der Waals surface area contributed by atoms with Crippen molar-refractivity contribution in [3.05, 3.63) is 419 Å². The number of phenols is 1. The van der Waals surface area contributed by atoms with E-state index in [1.807, 2.05) is 176 Å². The molecule has 0 fully saturated rings. The van der Waals surface area contributed by atoms with Crippen molar-refractivity contribution < 1.29 is 146 Å². The number of hydrogen-bond acceptors (Lipinski definition) is 20. The van der Waals surface area contributed by atoms with Gasteiger partial charge in [0.2, 0.25) is 0 Å². The topological polar surface area (TPSA) is 283 Å². The van der Waals surface area contributed by atoms with Gasteiger partial charge in [-0.3, -0.25) is 29.1 Å². The number of aromatic nitrogens is 5. The van der Waals surface area contributed by atoms with Gasteiger partial charge < -0.3 is 40.5 Å². The van der Waals surface area contributed by atoms with Gasteiger partial charge in [-0.25, -0.2) is 42.6 Å². The Morgan fingerprint density at radius 2 is 0.710 bits per heavy atom. The van der Waals surface area contributed by atoms with Gasteiger partial charge in [-0.05, 0) is 259 Å². The predicted octanol–water partition coefficient (Wildman–Crippen LogP) is 30.4. The molecule has 0 saturated carbocycles. The minimum atomic E-state index is -0.125. The third-order valence-corrected chi connectivity index (χ3v) is 23.8. The van der Waals surface area contributed by atoms with E-state index in [1.165, 1.54) is 161 Å². The number of aliphatic hydroxyl groups excluding tert-OH is 4. The molecule has 12 heterocycles. The van der Waals surface area contributed by atoms with Crippen molar-refractivity contribution in [1.29, 1.82) is 0 Å². The van der Waals surface area contributed by atoms with Crippen molar-refractivity contribution in [3.8, 4) is 49.4 Å². The van der Waals surface area contributed by atoms with Gasteiger partial charge in [0.05, 0.1) is 74.2 Å². The number of hydrogen-bond donors (Lipinski definition) is 5. The molecule has 25 heteroatoms. The summed E-state index contributed by atoms with van der Waals surface area (Å²) in [5.74, 6) is -0.0110. The number of allylic oxidation sites excluding steroid dienone is 20. The molecule has 5 aliphatic rings. The second-order valence-electron chi connectivity index (χ2n) is 32.4. The third kappa shape index (κ3) is 36.6. The Kier molecular flexibility index (Phi) is 53.5. The molecule has 19 rings (SSSR count). The molecule has 14 aromatic rings. The van der Waals surface area contributed by atoms with Crippen LogP contribution in [0, 0.1) is 24.3 Å². The number of phenolic OH excluding ortho intramolecular Hbond substituents is 1. The number of ketones is 4. The molecule has 7 aromatic heterocycles. The first-order valence-corrected chi connectivity index (χ1v) is 48.1. The Morgan fingerprint density at radius 3 is 1.11 bits per heavy atom. The van der Waals surface area contributed by atoms with Gasteiger partial charge in [-0.2, -0.15) is 0 Å². The number of pyridine rings is 5. The standard InChI is InChI=1S/C35H42N4.2C15H10N.2C13H8NS.C9H7NO.4C5H8O2.4Ir.Pt/c1-9-21-20(8)28-16-30-22(10-2)23(11-3)32(37-30)18-34-26(14-6)27(15-7)35(39-34)19-33-25(13-5)24(12-4)31(38-33)17-29(21)36-28;1-2-7-13(8-3-1)15-14-9-5-4-6-12(14)10-11-16-15;1-2-6-12(7-3-1)15-11-10-13-8-4-5-9-14(13)16-15;2*1-2-7-12-10(5-1)9-13(15-12)11-6-3-4-8-14-11;11-8-5-1-3-7-4-2-6-10-9(7)8;4*1-4(6)3-5(2)7;;;;;/h16-19H,9-15H2,1-8H3;1-7,9-11H;1-6,8-11H;2*1-8H;1-6,11H;4*3,6H,1-2H3;;;;;/q;4*-1;;;;;;;;;;. The van der Waals surface area contributed by atoms with Crippen molar-refractivity contribution in [2.45, 2.75) is 156 Å². The zero-order valence-electron chi connectivity index (χ0n) is 83.7. The number of aromatic hydroxyl groups is 1. The van der Waals surface area contributed by atoms with E-state index in [0.717, 1.165) is 145 Å². The minimum absolute atomic E-state index is 0. The van der Waals surface area contributed by atoms with Crippen molar-refractivity contribution in [3.63, 3.8) is 0 Å². The van der Waals surface area contributed by atoms with Crippen molar-refractivity contribution >= 4 is 121 Å². The maximum Gasteiger partial charge on any atom is 0.155 e. The van der Waals surface area contributed by atoms with Gasteiger partial charge >= 0.3 is 0 Å². The molecule has 758 valence electrons. The molecule has 5 aliphatic heterocycles. The number of carbonyl (C=O) groups excluding carboxylic acids is 4. The average molecular weight is 2860 g/mol. The van der Waals surface area contributed by atoms with Crippen LogP contribution in [0.15, 0.2) is 414 Å². The summed E-state index contributed by atoms with van der Waals surface area (Å²) in [5, 5.41) is 49.6. The van der Waals surface area contributed by atoms with E-state index in [2.05, 4.69) is 190 Å². The van der Waals surface area contributed by atoms with Crippen LogP contribution in [0.2, 0.25) is 0 Å². The van der Waals surface area contributed by atoms with Crippen molar-refractivity contribution in [2.24, 2.45) is 20.0 Å². The molecule has 8 bridgehead atoms. The summed E-state index contributed by atoms with van der Waals surface area (Å²) >= 11 is 3.46. The molecular formula is C120H117Ir4N9O9PtS2-4. The maximum atomic E-state index is 10.0. The van der Waals surface area contributed by atoms with E-state index >= 15 is 0 Å². The van der Waals surface area contributed by atoms with Gasteiger partial charge in [0.25, 0.3) is 0 Å². The van der Waals surface area contributed by atoms with Crippen LogP contribution in [-0.4, -0.2) is 96.4 Å². The molecule has 18 nitrogen and oxygen atoms in total. The predicted molar refractivity (Wildman–Crippen MR) is 579 cm³/mol. The van der Waals surface area contributed by atoms with Crippen molar-refractivity contribution in [1.82, 2.24) is 24.9 Å². The fraction of sp³-hybridized carbons (Fsp3) is 0.192. The van der Waals surface area contributed by atoms with Crippen LogP contribution in [0.25, 0.3) is 96.4 Å². The molecule has 5 N–H and O–H groups in total. The summed E-state index contributed by atoms with van der Waals surface area (Å²) in [5.41, 5.74) is 26.6. The number of fused-ring (bicyclic) bond motifs is 9. The molecule has 0 amide bonds. The monoisotopic (exact) mass is 2860 g/mol. The molecular weight excluding hydrogens is 2740 g/mol. The quantitative estimate of drug-likeness (QED) is 0.0363. The van der Waals surface area contributed by atoms with E-state index in [1.54, 1.807) is 41.0 Å². The number of para-hydroxylation sites is 2. The third-order valence-electron chi connectivity index (χ3n) is 21.6. The number of nitrogens with zero attached hydrogens (tertiary/aromatic N) is 9. The Morgan fingerprint density at radius 1 is 0.338 bits per heavy atom. The molecule has 145 heavy (non-hydrogen) atoms. The normalized spacial score (nSPS) is 13.1. The number of rotatable bonds is 15. The van der Waals surface area contributed by atoms with E-state index in [9.17, 15) is 24.3 Å². The molecule has 0 aliphatic carbocycles. The SMILES string of the molecule is CC(=O)C=C(C)O.CC(=O)C=C(C)O.CC(=O)C=C(C)O.CC(=O)C=C(C)O.CCC1=C(C)C2=CC3=NC(=CC4=NC(=CC5=NC(=CC1=N2)C(CC)=C5CC)C(CC)=C4CC)C(CC)=C3CC.Oc1cccc2cccnc12.[Ir].[Ir].[Ir].[Ir].[Pt].[c-]1c(-c2ccccn2)sc2ccccc12.[c-]1c(-c2ccccn2)sc2ccccc12.[c-]1ccccc1-c1ccc2ccccc2n1.[c-]1ccccc1-c1nccc2ccccc12. The van der Waals surface area contributed by atoms with Gasteiger partial charge in [-0.15, -0.1) is 119 Å². The summed E-state index contributed by atoms with van der Waals surface area (Å²) in [6.07, 6.45) is 27.4. The number of carbonyl (C=O) groups is 4. The molecule has 0 unspecified atom stereocenters. The number of thiophene rings is 2. The Bertz CT molecular complexity index is 7030.